The van der Waals surface area contributed by atoms with Crippen LogP contribution in [-0.4, -0.2) is 19.3 Å². The molecule has 10 heavy (non-hydrogen) atoms. The highest BCUT2D eigenvalue weighted by Gasteiger charge is 1.90. The molecule has 0 aliphatic carbocycles. The lowest BCUT2D eigenvalue weighted by molar-refractivity contribution is 0.151. The van der Waals surface area contributed by atoms with Gasteiger partial charge in [-0.25, -0.2) is 0 Å². The highest BCUT2D eigenvalue weighted by molar-refractivity contribution is 4.92. The second-order valence-corrected chi connectivity index (χ2v) is 2.80. The fourth-order valence-electron chi connectivity index (χ4n) is 0.480. The van der Waals surface area contributed by atoms with Crippen LogP contribution in [0.1, 0.15) is 20.8 Å². The third-order valence-electron chi connectivity index (χ3n) is 0.990. The van der Waals surface area contributed by atoms with Crippen LogP contribution >= 0.6 is 0 Å². The van der Waals surface area contributed by atoms with Gasteiger partial charge >= 0.3 is 0 Å². The van der Waals surface area contributed by atoms with E-state index in [2.05, 4.69) is 13.8 Å². The molecule has 0 aromatic heterocycles. The summed E-state index contributed by atoms with van der Waals surface area (Å²) >= 11 is 0. The Bertz CT molecular complexity index is 104. The number of ether oxygens (including phenoxy) is 1. The van der Waals surface area contributed by atoms with E-state index in [1.807, 2.05) is 13.0 Å². The average Bonchev–Trinajstić information content (AvgIpc) is 1.79. The summed E-state index contributed by atoms with van der Waals surface area (Å²) < 4.78 is 5.20. The van der Waals surface area contributed by atoms with E-state index >= 15 is 0 Å². The van der Waals surface area contributed by atoms with Crippen molar-refractivity contribution in [3.63, 3.8) is 0 Å². The van der Waals surface area contributed by atoms with Crippen molar-refractivity contribution in [2.24, 2.45) is 5.73 Å². The number of rotatable bonds is 4. The monoisotopic (exact) mass is 143 g/mol. The number of nitrogens with two attached hydrogens (primary N) is 1. The van der Waals surface area contributed by atoms with Crippen molar-refractivity contribution >= 4 is 0 Å². The van der Waals surface area contributed by atoms with E-state index in [1.165, 1.54) is 5.57 Å². The summed E-state index contributed by atoms with van der Waals surface area (Å²) in [6.45, 7) is 7.36. The third kappa shape index (κ3) is 7.66. The van der Waals surface area contributed by atoms with Gasteiger partial charge in [0.15, 0.2) is 0 Å². The van der Waals surface area contributed by atoms with Gasteiger partial charge in [-0.15, -0.1) is 0 Å². The Morgan fingerprint density at radius 1 is 1.60 bits per heavy atom. The van der Waals surface area contributed by atoms with Gasteiger partial charge in [-0.1, -0.05) is 11.6 Å². The van der Waals surface area contributed by atoms with Gasteiger partial charge in [0.1, 0.15) is 0 Å². The summed E-state index contributed by atoms with van der Waals surface area (Å²) in [5.41, 5.74) is 6.75. The van der Waals surface area contributed by atoms with Gasteiger partial charge in [-0.2, -0.15) is 0 Å². The molecule has 1 unspecified atom stereocenters. The molecule has 0 heterocycles. The Labute approximate surface area is 63.1 Å². The van der Waals surface area contributed by atoms with E-state index in [0.29, 0.717) is 13.2 Å². The minimum atomic E-state index is 0.144. The zero-order valence-corrected chi connectivity index (χ0v) is 7.05. The van der Waals surface area contributed by atoms with E-state index in [4.69, 9.17) is 10.5 Å². The maximum Gasteiger partial charge on any atom is 0.0650 e. The van der Waals surface area contributed by atoms with E-state index in [9.17, 15) is 0 Å². The van der Waals surface area contributed by atoms with Gasteiger partial charge in [0.2, 0.25) is 0 Å². The maximum absolute atomic E-state index is 5.46. The Balaban J connectivity index is 3.13. The summed E-state index contributed by atoms with van der Waals surface area (Å²) in [7, 11) is 0. The van der Waals surface area contributed by atoms with Crippen molar-refractivity contribution in [2.75, 3.05) is 13.2 Å². The van der Waals surface area contributed by atoms with Crippen LogP contribution in [0.2, 0.25) is 0 Å². The molecule has 0 spiro atoms. The molecular weight excluding hydrogens is 126 g/mol. The van der Waals surface area contributed by atoms with Gasteiger partial charge in [-0.05, 0) is 20.8 Å². The van der Waals surface area contributed by atoms with Crippen LogP contribution in [0.4, 0.5) is 0 Å². The average molecular weight is 143 g/mol. The van der Waals surface area contributed by atoms with Crippen molar-refractivity contribution < 1.29 is 4.74 Å². The van der Waals surface area contributed by atoms with E-state index in [1.54, 1.807) is 0 Å². The molecule has 1 atom stereocenters. The minimum absolute atomic E-state index is 0.144. The van der Waals surface area contributed by atoms with Crippen LogP contribution in [0.5, 0.6) is 0 Å². The van der Waals surface area contributed by atoms with Crippen LogP contribution in [-0.2, 0) is 4.74 Å². The molecule has 0 aromatic carbocycles. The first-order chi connectivity index (χ1) is 4.63. The summed E-state index contributed by atoms with van der Waals surface area (Å²) in [6, 6.07) is 0.144. The van der Waals surface area contributed by atoms with E-state index in [-0.39, 0.29) is 6.04 Å². The topological polar surface area (TPSA) is 35.2 Å². The molecule has 0 rings (SSSR count). The number of hydrogen-bond donors (Lipinski definition) is 1. The Kier molecular flexibility index (Phi) is 5.26. The molecule has 0 saturated heterocycles. The lowest BCUT2D eigenvalue weighted by Crippen LogP contribution is -2.21. The molecule has 2 heteroatoms. The van der Waals surface area contributed by atoms with Gasteiger partial charge in [0.25, 0.3) is 0 Å². The van der Waals surface area contributed by atoms with Gasteiger partial charge in [0.05, 0.1) is 13.2 Å². The quantitative estimate of drug-likeness (QED) is 0.476. The predicted octanol–water partition coefficient (Wildman–Crippen LogP) is 1.32. The number of hydrogen-bond acceptors (Lipinski definition) is 2. The largest absolute Gasteiger partial charge is 0.376 e. The van der Waals surface area contributed by atoms with E-state index in [0.717, 1.165) is 0 Å². The molecule has 0 aliphatic rings. The zero-order chi connectivity index (χ0) is 7.98. The molecule has 0 aromatic rings. The molecule has 0 saturated carbocycles. The Morgan fingerprint density at radius 3 is 2.60 bits per heavy atom. The smallest absolute Gasteiger partial charge is 0.0650 e. The maximum atomic E-state index is 5.46. The third-order valence-corrected chi connectivity index (χ3v) is 0.990. The van der Waals surface area contributed by atoms with Crippen molar-refractivity contribution in [1.82, 2.24) is 0 Å². The summed E-state index contributed by atoms with van der Waals surface area (Å²) in [4.78, 5) is 0. The first-order valence-electron chi connectivity index (χ1n) is 3.59. The molecule has 2 N–H and O–H groups in total. The van der Waals surface area contributed by atoms with Gasteiger partial charge in [0, 0.05) is 6.04 Å². The molecule has 0 aliphatic heterocycles. The highest BCUT2D eigenvalue weighted by Crippen LogP contribution is 1.88. The first kappa shape index (κ1) is 9.66. The van der Waals surface area contributed by atoms with Crippen LogP contribution < -0.4 is 5.73 Å². The Hall–Kier alpha value is -0.340. The van der Waals surface area contributed by atoms with Gasteiger partial charge in [-0.3, -0.25) is 0 Å². The van der Waals surface area contributed by atoms with Crippen LogP contribution in [0, 0.1) is 0 Å². The first-order valence-corrected chi connectivity index (χ1v) is 3.59. The molecule has 0 amide bonds. The molecule has 0 radical (unpaired) electrons. The highest BCUT2D eigenvalue weighted by atomic mass is 16.5. The zero-order valence-electron chi connectivity index (χ0n) is 7.05. The van der Waals surface area contributed by atoms with Crippen molar-refractivity contribution in [3.05, 3.63) is 11.6 Å². The van der Waals surface area contributed by atoms with Crippen LogP contribution in [0.3, 0.4) is 0 Å². The lowest BCUT2D eigenvalue weighted by atomic mass is 10.3. The molecule has 2 nitrogen and oxygen atoms in total. The van der Waals surface area contributed by atoms with E-state index < -0.39 is 0 Å². The summed E-state index contributed by atoms with van der Waals surface area (Å²) in [5.74, 6) is 0. The molecule has 60 valence electrons. The SMILES string of the molecule is CC(C)=CCOCC(C)N. The summed E-state index contributed by atoms with van der Waals surface area (Å²) in [5, 5.41) is 0. The fourth-order valence-corrected chi connectivity index (χ4v) is 0.480. The van der Waals surface area contributed by atoms with Crippen LogP contribution in [0.25, 0.3) is 0 Å². The number of allylic oxidation sites excluding steroid dienone is 1. The van der Waals surface area contributed by atoms with Crippen molar-refractivity contribution in [3.8, 4) is 0 Å². The molecular formula is C8H17NO. The fraction of sp³-hybridized carbons (Fsp3) is 0.750. The van der Waals surface area contributed by atoms with Crippen LogP contribution in [0.15, 0.2) is 11.6 Å². The second-order valence-electron chi connectivity index (χ2n) is 2.80. The Morgan fingerprint density at radius 2 is 2.20 bits per heavy atom. The van der Waals surface area contributed by atoms with Crippen molar-refractivity contribution in [2.45, 2.75) is 26.8 Å². The minimum Gasteiger partial charge on any atom is -0.376 e. The van der Waals surface area contributed by atoms with Gasteiger partial charge < -0.3 is 10.5 Å². The second kappa shape index (κ2) is 5.45. The predicted molar refractivity (Wildman–Crippen MR) is 43.9 cm³/mol. The summed E-state index contributed by atoms with van der Waals surface area (Å²) in [6.07, 6.45) is 2.04. The standard InChI is InChI=1S/C8H17NO/c1-7(2)4-5-10-6-8(3)9/h4,8H,5-6,9H2,1-3H3. The normalized spacial score (nSPS) is 12.8. The molecule has 0 bridgehead atoms. The lowest BCUT2D eigenvalue weighted by Gasteiger charge is -2.03. The molecule has 0 fully saturated rings. The van der Waals surface area contributed by atoms with Crippen molar-refractivity contribution in [1.29, 1.82) is 0 Å².